The van der Waals surface area contributed by atoms with Crippen molar-refractivity contribution in [1.29, 1.82) is 0 Å². The predicted octanol–water partition coefficient (Wildman–Crippen LogP) is 1.68. The molecular formula is C10H22N2OS. The number of hydrogen-bond donors (Lipinski definition) is 2. The third-order valence-electron chi connectivity index (χ3n) is 2.06. The SMILES string of the molecule is CCCC(CC)NC(=S)NCCOC. The molecule has 0 aromatic heterocycles. The van der Waals surface area contributed by atoms with Gasteiger partial charge in [0.1, 0.15) is 0 Å². The second-order valence-corrected chi connectivity index (χ2v) is 3.70. The zero-order valence-electron chi connectivity index (χ0n) is 9.43. The summed E-state index contributed by atoms with van der Waals surface area (Å²) in [5.74, 6) is 0. The second kappa shape index (κ2) is 9.21. The van der Waals surface area contributed by atoms with Crippen LogP contribution in [0, 0.1) is 0 Å². The zero-order valence-corrected chi connectivity index (χ0v) is 10.2. The van der Waals surface area contributed by atoms with Crippen molar-refractivity contribution in [3.63, 3.8) is 0 Å². The molecule has 0 heterocycles. The highest BCUT2D eigenvalue weighted by atomic mass is 32.1. The number of ether oxygens (including phenoxy) is 1. The largest absolute Gasteiger partial charge is 0.383 e. The Labute approximate surface area is 92.6 Å². The fourth-order valence-electron chi connectivity index (χ4n) is 1.23. The molecule has 3 nitrogen and oxygen atoms in total. The zero-order chi connectivity index (χ0) is 10.8. The topological polar surface area (TPSA) is 33.3 Å². The first-order valence-electron chi connectivity index (χ1n) is 5.27. The molecule has 0 spiro atoms. The van der Waals surface area contributed by atoms with Gasteiger partial charge in [0, 0.05) is 19.7 Å². The molecule has 0 bridgehead atoms. The molecule has 0 amide bonds. The average molecular weight is 218 g/mol. The highest BCUT2D eigenvalue weighted by Gasteiger charge is 2.05. The summed E-state index contributed by atoms with van der Waals surface area (Å²) in [6.07, 6.45) is 3.47. The minimum Gasteiger partial charge on any atom is -0.383 e. The summed E-state index contributed by atoms with van der Waals surface area (Å²) in [5.41, 5.74) is 0. The van der Waals surface area contributed by atoms with E-state index in [2.05, 4.69) is 24.5 Å². The van der Waals surface area contributed by atoms with Crippen LogP contribution in [0.4, 0.5) is 0 Å². The lowest BCUT2D eigenvalue weighted by atomic mass is 10.1. The van der Waals surface area contributed by atoms with E-state index >= 15 is 0 Å². The van der Waals surface area contributed by atoms with Gasteiger partial charge in [-0.15, -0.1) is 0 Å². The van der Waals surface area contributed by atoms with Crippen molar-refractivity contribution < 1.29 is 4.74 Å². The van der Waals surface area contributed by atoms with Crippen LogP contribution >= 0.6 is 12.2 Å². The summed E-state index contributed by atoms with van der Waals surface area (Å²) < 4.78 is 4.92. The lowest BCUT2D eigenvalue weighted by molar-refractivity contribution is 0.203. The molecule has 0 saturated heterocycles. The maximum absolute atomic E-state index is 5.15. The monoisotopic (exact) mass is 218 g/mol. The van der Waals surface area contributed by atoms with Crippen LogP contribution in [0.5, 0.6) is 0 Å². The van der Waals surface area contributed by atoms with E-state index in [4.69, 9.17) is 17.0 Å². The molecule has 1 atom stereocenters. The van der Waals surface area contributed by atoms with Crippen LogP contribution in [-0.2, 0) is 4.74 Å². The molecule has 0 aliphatic carbocycles. The Hall–Kier alpha value is -0.350. The van der Waals surface area contributed by atoms with E-state index in [0.29, 0.717) is 12.6 Å². The van der Waals surface area contributed by atoms with Crippen molar-refractivity contribution in [3.05, 3.63) is 0 Å². The fraction of sp³-hybridized carbons (Fsp3) is 0.900. The van der Waals surface area contributed by atoms with Crippen LogP contribution in [0.2, 0.25) is 0 Å². The molecule has 0 aromatic rings. The molecule has 0 aromatic carbocycles. The van der Waals surface area contributed by atoms with E-state index in [1.165, 1.54) is 12.8 Å². The lowest BCUT2D eigenvalue weighted by Gasteiger charge is -2.18. The summed E-state index contributed by atoms with van der Waals surface area (Å²) >= 11 is 5.15. The number of nitrogens with one attached hydrogen (secondary N) is 2. The van der Waals surface area contributed by atoms with Gasteiger partial charge in [0.15, 0.2) is 5.11 Å². The Kier molecular flexibility index (Phi) is 8.98. The summed E-state index contributed by atoms with van der Waals surface area (Å²) in [7, 11) is 1.68. The van der Waals surface area contributed by atoms with Crippen LogP contribution < -0.4 is 10.6 Å². The van der Waals surface area contributed by atoms with E-state index in [0.717, 1.165) is 18.1 Å². The summed E-state index contributed by atoms with van der Waals surface area (Å²) in [6, 6.07) is 0.502. The molecule has 0 aliphatic heterocycles. The van der Waals surface area contributed by atoms with Crippen LogP contribution in [-0.4, -0.2) is 31.4 Å². The Balaban J connectivity index is 3.56. The molecule has 0 radical (unpaired) electrons. The second-order valence-electron chi connectivity index (χ2n) is 3.29. The maximum Gasteiger partial charge on any atom is 0.166 e. The molecule has 0 saturated carbocycles. The molecule has 14 heavy (non-hydrogen) atoms. The first kappa shape index (κ1) is 13.7. The van der Waals surface area contributed by atoms with E-state index in [1.807, 2.05) is 0 Å². The summed E-state index contributed by atoms with van der Waals surface area (Å²) in [4.78, 5) is 0. The van der Waals surface area contributed by atoms with Gasteiger partial charge in [-0.2, -0.15) is 0 Å². The van der Waals surface area contributed by atoms with Gasteiger partial charge in [-0.05, 0) is 25.1 Å². The molecule has 0 fully saturated rings. The van der Waals surface area contributed by atoms with Crippen LogP contribution in [0.15, 0.2) is 0 Å². The van der Waals surface area contributed by atoms with Crippen LogP contribution in [0.3, 0.4) is 0 Å². The van der Waals surface area contributed by atoms with Crippen molar-refractivity contribution in [2.45, 2.75) is 39.2 Å². The van der Waals surface area contributed by atoms with Gasteiger partial charge >= 0.3 is 0 Å². The normalized spacial score (nSPS) is 12.2. The first-order valence-corrected chi connectivity index (χ1v) is 5.68. The van der Waals surface area contributed by atoms with Gasteiger partial charge in [0.05, 0.1) is 6.61 Å². The van der Waals surface area contributed by atoms with E-state index in [-0.39, 0.29) is 0 Å². The predicted molar refractivity (Wildman–Crippen MR) is 64.6 cm³/mol. The average Bonchev–Trinajstić information content (AvgIpc) is 2.17. The Morgan fingerprint density at radius 1 is 1.43 bits per heavy atom. The first-order chi connectivity index (χ1) is 6.74. The van der Waals surface area contributed by atoms with Gasteiger partial charge < -0.3 is 15.4 Å². The molecule has 84 valence electrons. The van der Waals surface area contributed by atoms with Crippen molar-refractivity contribution in [1.82, 2.24) is 10.6 Å². The van der Waals surface area contributed by atoms with Crippen LogP contribution in [0.1, 0.15) is 33.1 Å². The van der Waals surface area contributed by atoms with Crippen molar-refractivity contribution in [2.24, 2.45) is 0 Å². The third-order valence-corrected chi connectivity index (χ3v) is 2.32. The van der Waals surface area contributed by atoms with Gasteiger partial charge in [0.25, 0.3) is 0 Å². The number of hydrogen-bond acceptors (Lipinski definition) is 2. The Morgan fingerprint density at radius 3 is 2.64 bits per heavy atom. The molecular weight excluding hydrogens is 196 g/mol. The highest BCUT2D eigenvalue weighted by molar-refractivity contribution is 7.80. The standard InChI is InChI=1S/C10H22N2OS/c1-4-6-9(5-2)12-10(14)11-7-8-13-3/h9H,4-8H2,1-3H3,(H2,11,12,14). The molecule has 0 aliphatic rings. The van der Waals surface area contributed by atoms with Gasteiger partial charge in [-0.3, -0.25) is 0 Å². The minimum atomic E-state index is 0.502. The molecule has 4 heteroatoms. The van der Waals surface area contributed by atoms with Crippen LogP contribution in [0.25, 0.3) is 0 Å². The lowest BCUT2D eigenvalue weighted by Crippen LogP contribution is -2.42. The van der Waals surface area contributed by atoms with E-state index in [9.17, 15) is 0 Å². The third kappa shape index (κ3) is 7.09. The van der Waals surface area contributed by atoms with Gasteiger partial charge in [0.2, 0.25) is 0 Å². The quantitative estimate of drug-likeness (QED) is 0.503. The maximum atomic E-state index is 5.15. The number of methoxy groups -OCH3 is 1. The van der Waals surface area contributed by atoms with Crippen molar-refractivity contribution >= 4 is 17.3 Å². The number of thiocarbonyl (C=S) groups is 1. The highest BCUT2D eigenvalue weighted by Crippen LogP contribution is 2.00. The minimum absolute atomic E-state index is 0.502. The van der Waals surface area contributed by atoms with Crippen molar-refractivity contribution in [2.75, 3.05) is 20.3 Å². The number of rotatable bonds is 7. The Bertz CT molecular complexity index is 153. The summed E-state index contributed by atoms with van der Waals surface area (Å²) in [5, 5.41) is 7.13. The van der Waals surface area contributed by atoms with Gasteiger partial charge in [-0.1, -0.05) is 20.3 Å². The van der Waals surface area contributed by atoms with Gasteiger partial charge in [-0.25, -0.2) is 0 Å². The molecule has 2 N–H and O–H groups in total. The van der Waals surface area contributed by atoms with E-state index < -0.39 is 0 Å². The summed E-state index contributed by atoms with van der Waals surface area (Å²) in [6.45, 7) is 5.81. The van der Waals surface area contributed by atoms with Crippen molar-refractivity contribution in [3.8, 4) is 0 Å². The van der Waals surface area contributed by atoms with E-state index in [1.54, 1.807) is 7.11 Å². The smallest absolute Gasteiger partial charge is 0.166 e. The molecule has 0 rings (SSSR count). The fourth-order valence-corrected chi connectivity index (χ4v) is 1.50. The Morgan fingerprint density at radius 2 is 2.14 bits per heavy atom. The molecule has 1 unspecified atom stereocenters.